The molecule has 0 radical (unpaired) electrons. The Bertz CT molecular complexity index is 843. The molecule has 0 saturated heterocycles. The highest BCUT2D eigenvalue weighted by molar-refractivity contribution is 9.10. The van der Waals surface area contributed by atoms with Crippen LogP contribution in [0, 0.1) is 6.92 Å². The average Bonchev–Trinajstić information content (AvgIpc) is 2.50. The van der Waals surface area contributed by atoms with E-state index in [-0.39, 0.29) is 6.03 Å². The molecule has 22 heavy (non-hydrogen) atoms. The van der Waals surface area contributed by atoms with Crippen LogP contribution in [0.5, 0.6) is 0 Å². The van der Waals surface area contributed by atoms with Gasteiger partial charge in [0.05, 0.1) is 11.2 Å². The molecule has 0 aliphatic heterocycles. The van der Waals surface area contributed by atoms with Gasteiger partial charge < -0.3 is 10.6 Å². The monoisotopic (exact) mass is 355 g/mol. The minimum absolute atomic E-state index is 0.288. The van der Waals surface area contributed by atoms with E-state index in [1.54, 1.807) is 6.20 Å². The predicted molar refractivity (Wildman–Crippen MR) is 93.3 cm³/mol. The minimum Gasteiger partial charge on any atom is -0.307 e. The van der Waals surface area contributed by atoms with Gasteiger partial charge in [0.15, 0.2) is 0 Å². The molecule has 3 aromatic rings. The summed E-state index contributed by atoms with van der Waals surface area (Å²) in [7, 11) is 0. The fraction of sp³-hybridized carbons (Fsp3) is 0.0588. The number of hydrogen-bond donors (Lipinski definition) is 2. The number of carbonyl (C=O) groups is 1. The maximum absolute atomic E-state index is 12.2. The Morgan fingerprint density at radius 3 is 2.64 bits per heavy atom. The van der Waals surface area contributed by atoms with Crippen molar-refractivity contribution in [3.63, 3.8) is 0 Å². The summed E-state index contributed by atoms with van der Waals surface area (Å²) in [6, 6.07) is 14.9. The molecule has 0 unspecified atom stereocenters. The van der Waals surface area contributed by atoms with Crippen LogP contribution in [0.4, 0.5) is 16.2 Å². The van der Waals surface area contributed by atoms with Gasteiger partial charge in [-0.1, -0.05) is 34.1 Å². The zero-order chi connectivity index (χ0) is 15.5. The van der Waals surface area contributed by atoms with Crippen molar-refractivity contribution in [1.82, 2.24) is 4.98 Å². The molecule has 0 aliphatic rings. The first-order valence-corrected chi connectivity index (χ1v) is 7.61. The van der Waals surface area contributed by atoms with Gasteiger partial charge in [0.1, 0.15) is 0 Å². The van der Waals surface area contributed by atoms with Crippen molar-refractivity contribution in [3.05, 3.63) is 64.8 Å². The Morgan fingerprint density at radius 2 is 1.82 bits per heavy atom. The molecule has 3 rings (SSSR count). The number of anilines is 2. The average molecular weight is 356 g/mol. The number of halogens is 1. The number of amides is 2. The van der Waals surface area contributed by atoms with Gasteiger partial charge in [0.25, 0.3) is 0 Å². The largest absolute Gasteiger partial charge is 0.323 e. The fourth-order valence-corrected chi connectivity index (χ4v) is 2.72. The van der Waals surface area contributed by atoms with Gasteiger partial charge in [-0.3, -0.25) is 4.98 Å². The summed E-state index contributed by atoms with van der Waals surface area (Å²) in [4.78, 5) is 16.5. The molecule has 5 heteroatoms. The number of para-hydroxylation sites is 1. The van der Waals surface area contributed by atoms with Crippen molar-refractivity contribution < 1.29 is 4.79 Å². The second-order valence-corrected chi connectivity index (χ2v) is 5.83. The van der Waals surface area contributed by atoms with Crippen LogP contribution < -0.4 is 10.6 Å². The number of aryl methyl sites for hydroxylation is 1. The van der Waals surface area contributed by atoms with Crippen LogP contribution in [0.2, 0.25) is 0 Å². The zero-order valence-corrected chi connectivity index (χ0v) is 13.5. The molecule has 2 amide bonds. The molecule has 0 fully saturated rings. The van der Waals surface area contributed by atoms with Gasteiger partial charge in [-0.25, -0.2) is 4.79 Å². The summed E-state index contributed by atoms with van der Waals surface area (Å²) in [5.74, 6) is 0. The van der Waals surface area contributed by atoms with E-state index in [2.05, 4.69) is 31.5 Å². The summed E-state index contributed by atoms with van der Waals surface area (Å²) < 4.78 is 0.981. The molecule has 1 heterocycles. The molecule has 2 aromatic carbocycles. The van der Waals surface area contributed by atoms with Crippen LogP contribution >= 0.6 is 15.9 Å². The number of urea groups is 1. The smallest absolute Gasteiger partial charge is 0.307 e. The van der Waals surface area contributed by atoms with E-state index < -0.39 is 0 Å². The van der Waals surface area contributed by atoms with E-state index in [0.29, 0.717) is 5.69 Å². The SMILES string of the molecule is Cc1cc(Br)ccc1NC(=O)Nc1cccc2cccnc12. The number of pyridine rings is 1. The van der Waals surface area contributed by atoms with Crippen LogP contribution in [0.15, 0.2) is 59.2 Å². The minimum atomic E-state index is -0.288. The quantitative estimate of drug-likeness (QED) is 0.683. The van der Waals surface area contributed by atoms with Gasteiger partial charge in [-0.2, -0.15) is 0 Å². The first kappa shape index (κ1) is 14.5. The number of hydrogen-bond acceptors (Lipinski definition) is 2. The zero-order valence-electron chi connectivity index (χ0n) is 11.9. The topological polar surface area (TPSA) is 54.0 Å². The van der Waals surface area contributed by atoms with Crippen molar-refractivity contribution in [2.45, 2.75) is 6.92 Å². The maximum Gasteiger partial charge on any atom is 0.323 e. The van der Waals surface area contributed by atoms with Crippen LogP contribution in [-0.4, -0.2) is 11.0 Å². The Morgan fingerprint density at radius 1 is 1.05 bits per heavy atom. The third-order valence-corrected chi connectivity index (χ3v) is 3.81. The summed E-state index contributed by atoms with van der Waals surface area (Å²) in [6.45, 7) is 1.94. The third-order valence-electron chi connectivity index (χ3n) is 3.32. The fourth-order valence-electron chi connectivity index (χ4n) is 2.25. The van der Waals surface area contributed by atoms with E-state index in [1.165, 1.54) is 0 Å². The van der Waals surface area contributed by atoms with Crippen LogP contribution in [-0.2, 0) is 0 Å². The van der Waals surface area contributed by atoms with E-state index in [0.717, 1.165) is 26.6 Å². The second kappa shape index (κ2) is 6.15. The lowest BCUT2D eigenvalue weighted by Crippen LogP contribution is -2.20. The molecule has 2 N–H and O–H groups in total. The maximum atomic E-state index is 12.2. The normalized spacial score (nSPS) is 10.5. The predicted octanol–water partition coefficient (Wildman–Crippen LogP) is 4.95. The lowest BCUT2D eigenvalue weighted by atomic mass is 10.2. The van der Waals surface area contributed by atoms with Gasteiger partial charge in [-0.15, -0.1) is 0 Å². The van der Waals surface area contributed by atoms with E-state index in [9.17, 15) is 4.79 Å². The molecule has 0 spiro atoms. The number of aromatic nitrogens is 1. The lowest BCUT2D eigenvalue weighted by Gasteiger charge is -2.11. The molecular weight excluding hydrogens is 342 g/mol. The summed E-state index contributed by atoms with van der Waals surface area (Å²) in [5.41, 5.74) is 3.22. The standard InChI is InChI=1S/C17H14BrN3O/c1-11-10-13(18)7-8-14(11)20-17(22)21-15-6-2-4-12-5-3-9-19-16(12)15/h2-10H,1H3,(H2,20,21,22). The number of fused-ring (bicyclic) bond motifs is 1. The van der Waals surface area contributed by atoms with Crippen molar-refractivity contribution in [1.29, 1.82) is 0 Å². The first-order valence-electron chi connectivity index (χ1n) is 6.81. The van der Waals surface area contributed by atoms with E-state index in [4.69, 9.17) is 0 Å². The van der Waals surface area contributed by atoms with E-state index in [1.807, 2.05) is 55.5 Å². The molecule has 110 valence electrons. The van der Waals surface area contributed by atoms with Crippen molar-refractivity contribution >= 4 is 44.2 Å². The Kier molecular flexibility index (Phi) is 4.06. The molecule has 0 bridgehead atoms. The van der Waals surface area contributed by atoms with Crippen molar-refractivity contribution in [2.75, 3.05) is 10.6 Å². The van der Waals surface area contributed by atoms with Crippen molar-refractivity contribution in [3.8, 4) is 0 Å². The molecular formula is C17H14BrN3O. The number of rotatable bonds is 2. The highest BCUT2D eigenvalue weighted by Crippen LogP contribution is 2.22. The highest BCUT2D eigenvalue weighted by atomic mass is 79.9. The van der Waals surface area contributed by atoms with Gasteiger partial charge in [0.2, 0.25) is 0 Å². The summed E-state index contributed by atoms with van der Waals surface area (Å²) in [5, 5.41) is 6.69. The first-order chi connectivity index (χ1) is 10.6. The molecule has 1 aromatic heterocycles. The number of benzene rings is 2. The Balaban J connectivity index is 1.81. The van der Waals surface area contributed by atoms with Gasteiger partial charge >= 0.3 is 6.03 Å². The molecule has 0 saturated carbocycles. The molecule has 4 nitrogen and oxygen atoms in total. The van der Waals surface area contributed by atoms with Crippen LogP contribution in [0.1, 0.15) is 5.56 Å². The third kappa shape index (κ3) is 3.09. The number of nitrogens with one attached hydrogen (secondary N) is 2. The Hall–Kier alpha value is -2.40. The molecule has 0 aliphatic carbocycles. The Labute approximate surface area is 136 Å². The van der Waals surface area contributed by atoms with Crippen LogP contribution in [0.25, 0.3) is 10.9 Å². The van der Waals surface area contributed by atoms with Gasteiger partial charge in [-0.05, 0) is 42.8 Å². The van der Waals surface area contributed by atoms with E-state index >= 15 is 0 Å². The second-order valence-electron chi connectivity index (χ2n) is 4.92. The lowest BCUT2D eigenvalue weighted by molar-refractivity contribution is 0.262. The van der Waals surface area contributed by atoms with Crippen molar-refractivity contribution in [2.24, 2.45) is 0 Å². The highest BCUT2D eigenvalue weighted by Gasteiger charge is 2.08. The van der Waals surface area contributed by atoms with Crippen LogP contribution in [0.3, 0.4) is 0 Å². The molecule has 0 atom stereocenters. The summed E-state index contributed by atoms with van der Waals surface area (Å²) in [6.07, 6.45) is 1.71. The number of carbonyl (C=O) groups excluding carboxylic acids is 1. The van der Waals surface area contributed by atoms with Gasteiger partial charge in [0, 0.05) is 21.7 Å². The summed E-state index contributed by atoms with van der Waals surface area (Å²) >= 11 is 3.41. The number of nitrogens with zero attached hydrogens (tertiary/aromatic N) is 1.